The zero-order chi connectivity index (χ0) is 25.4. The van der Waals surface area contributed by atoms with Crippen LogP contribution in [0.15, 0.2) is 82.4 Å². The summed E-state index contributed by atoms with van der Waals surface area (Å²) in [7, 11) is 0. The van der Waals surface area contributed by atoms with Crippen molar-refractivity contribution in [3.8, 4) is 0 Å². The van der Waals surface area contributed by atoms with E-state index in [1.165, 1.54) is 5.57 Å². The molecule has 5 nitrogen and oxygen atoms in total. The summed E-state index contributed by atoms with van der Waals surface area (Å²) < 4.78 is 0. The van der Waals surface area contributed by atoms with Crippen LogP contribution in [-0.2, 0) is 10.8 Å². The lowest BCUT2D eigenvalue weighted by Crippen LogP contribution is -2.23. The number of pyridine rings is 2. The lowest BCUT2D eigenvalue weighted by molar-refractivity contribution is 0.514. The predicted octanol–water partition coefficient (Wildman–Crippen LogP) is 5.93. The van der Waals surface area contributed by atoms with Gasteiger partial charge in [-0.3, -0.25) is 9.59 Å². The van der Waals surface area contributed by atoms with Crippen LogP contribution in [0.1, 0.15) is 73.4 Å². The molecule has 0 unspecified atom stereocenters. The SMILES string of the molecule is C=C1C=C(C(C)(C)C)C=CN1.CC(C)(C)c1ccc(=O)[nH]c1.CC(C)(C)c1ccc[nH]c1=O. The molecule has 0 saturated heterocycles. The molecule has 0 amide bonds. The van der Waals surface area contributed by atoms with Gasteiger partial charge in [-0.2, -0.15) is 0 Å². The van der Waals surface area contributed by atoms with E-state index in [1.807, 2.05) is 45.2 Å². The van der Waals surface area contributed by atoms with Crippen molar-refractivity contribution in [3.63, 3.8) is 0 Å². The van der Waals surface area contributed by atoms with Crippen LogP contribution in [0, 0.1) is 5.41 Å². The third-order valence-electron chi connectivity index (χ3n) is 5.00. The van der Waals surface area contributed by atoms with E-state index in [0.717, 1.165) is 16.8 Å². The van der Waals surface area contributed by atoms with Crippen LogP contribution in [0.2, 0.25) is 0 Å². The Bertz CT molecular complexity index is 1080. The van der Waals surface area contributed by atoms with Gasteiger partial charge in [0.15, 0.2) is 0 Å². The number of allylic oxidation sites excluding steroid dienone is 3. The first-order valence-electron chi connectivity index (χ1n) is 11.2. The summed E-state index contributed by atoms with van der Waals surface area (Å²) in [6.45, 7) is 22.8. The molecule has 0 saturated carbocycles. The Hall–Kier alpha value is -3.08. The second kappa shape index (κ2) is 11.2. The first-order chi connectivity index (χ1) is 15.0. The number of H-pyrrole nitrogens is 2. The highest BCUT2D eigenvalue weighted by atomic mass is 16.1. The van der Waals surface area contributed by atoms with Gasteiger partial charge in [0.05, 0.1) is 0 Å². The van der Waals surface area contributed by atoms with Gasteiger partial charge in [0.2, 0.25) is 5.56 Å². The van der Waals surface area contributed by atoms with E-state index in [2.05, 4.69) is 75.6 Å². The first-order valence-corrected chi connectivity index (χ1v) is 11.2. The Morgan fingerprint density at radius 1 is 0.788 bits per heavy atom. The Balaban J connectivity index is 0.000000247. The van der Waals surface area contributed by atoms with Gasteiger partial charge >= 0.3 is 0 Å². The maximum absolute atomic E-state index is 11.2. The first kappa shape index (κ1) is 28.0. The van der Waals surface area contributed by atoms with Gasteiger partial charge in [-0.15, -0.1) is 0 Å². The molecule has 180 valence electrons. The number of hydrogen-bond acceptors (Lipinski definition) is 3. The molecule has 0 spiro atoms. The number of hydrogen-bond donors (Lipinski definition) is 3. The summed E-state index contributed by atoms with van der Waals surface area (Å²) in [6, 6.07) is 7.13. The Morgan fingerprint density at radius 3 is 1.79 bits per heavy atom. The van der Waals surface area contributed by atoms with Gasteiger partial charge in [-0.1, -0.05) is 81.0 Å². The van der Waals surface area contributed by atoms with Gasteiger partial charge < -0.3 is 15.3 Å². The van der Waals surface area contributed by atoms with Gasteiger partial charge in [0.25, 0.3) is 5.56 Å². The van der Waals surface area contributed by atoms with E-state index in [9.17, 15) is 9.59 Å². The fraction of sp³-hybridized carbons (Fsp3) is 0.429. The van der Waals surface area contributed by atoms with Crippen LogP contribution in [0.25, 0.3) is 0 Å². The van der Waals surface area contributed by atoms with Crippen LogP contribution in [0.5, 0.6) is 0 Å². The van der Waals surface area contributed by atoms with Crippen molar-refractivity contribution >= 4 is 0 Å². The van der Waals surface area contributed by atoms with E-state index < -0.39 is 0 Å². The topological polar surface area (TPSA) is 77.8 Å². The van der Waals surface area contributed by atoms with Crippen molar-refractivity contribution < 1.29 is 0 Å². The standard InChI is InChI=1S/C10H15N.2C9H13NO/c1-8-7-9(5-6-11-8)10(2,3)4;1-9(2,3)7-4-5-8(11)10-6-7;1-9(2,3)7-5-4-6-10-8(7)11/h5-7,11H,1H2,2-4H3;2*4-6H,1-3H3,(H,10,11). The highest BCUT2D eigenvalue weighted by molar-refractivity contribution is 5.36. The Kier molecular flexibility index (Phi) is 9.46. The molecule has 2 aromatic rings. The molecular formula is C28H41N3O2. The third kappa shape index (κ3) is 9.94. The lowest BCUT2D eigenvalue weighted by atomic mass is 9.85. The quantitative estimate of drug-likeness (QED) is 0.464. The molecule has 5 heteroatoms. The number of aromatic amines is 2. The Morgan fingerprint density at radius 2 is 1.42 bits per heavy atom. The van der Waals surface area contributed by atoms with E-state index in [1.54, 1.807) is 18.5 Å². The van der Waals surface area contributed by atoms with Crippen molar-refractivity contribution in [2.75, 3.05) is 0 Å². The van der Waals surface area contributed by atoms with Crippen molar-refractivity contribution in [2.45, 2.75) is 73.1 Å². The van der Waals surface area contributed by atoms with Crippen LogP contribution < -0.4 is 16.4 Å². The molecular weight excluding hydrogens is 410 g/mol. The average Bonchev–Trinajstić information content (AvgIpc) is 2.67. The predicted molar refractivity (Wildman–Crippen MR) is 140 cm³/mol. The summed E-state index contributed by atoms with van der Waals surface area (Å²) in [5, 5.41) is 3.03. The minimum Gasteiger partial charge on any atom is -0.362 e. The maximum Gasteiger partial charge on any atom is 0.251 e. The Labute approximate surface area is 198 Å². The fourth-order valence-corrected chi connectivity index (χ4v) is 2.87. The van der Waals surface area contributed by atoms with Gasteiger partial charge in [0, 0.05) is 35.9 Å². The summed E-state index contributed by atoms with van der Waals surface area (Å²) >= 11 is 0. The molecule has 33 heavy (non-hydrogen) atoms. The van der Waals surface area contributed by atoms with Gasteiger partial charge in [0.1, 0.15) is 0 Å². The molecule has 2 aromatic heterocycles. The molecule has 3 rings (SSSR count). The molecule has 1 aliphatic rings. The van der Waals surface area contributed by atoms with Crippen LogP contribution >= 0.6 is 0 Å². The molecule has 0 radical (unpaired) electrons. The monoisotopic (exact) mass is 451 g/mol. The van der Waals surface area contributed by atoms with Crippen molar-refractivity contribution in [1.82, 2.24) is 15.3 Å². The van der Waals surface area contributed by atoms with E-state index in [4.69, 9.17) is 0 Å². The third-order valence-corrected chi connectivity index (χ3v) is 5.00. The molecule has 0 bridgehead atoms. The number of aromatic nitrogens is 2. The second-order valence-electron chi connectivity index (χ2n) is 11.2. The van der Waals surface area contributed by atoms with E-state index in [0.29, 0.717) is 0 Å². The highest BCUT2D eigenvalue weighted by Crippen LogP contribution is 2.28. The van der Waals surface area contributed by atoms with Crippen LogP contribution in [0.4, 0.5) is 0 Å². The summed E-state index contributed by atoms with van der Waals surface area (Å²) in [6.07, 6.45) is 9.53. The molecule has 0 fully saturated rings. The van der Waals surface area contributed by atoms with Crippen molar-refractivity contribution in [1.29, 1.82) is 0 Å². The van der Waals surface area contributed by atoms with Crippen molar-refractivity contribution in [2.24, 2.45) is 5.41 Å². The molecule has 3 N–H and O–H groups in total. The minimum absolute atomic E-state index is 0.0139. The van der Waals surface area contributed by atoms with Crippen LogP contribution in [0.3, 0.4) is 0 Å². The molecule has 1 aliphatic heterocycles. The number of nitrogens with one attached hydrogen (secondary N) is 3. The minimum atomic E-state index is -0.0607. The van der Waals surface area contributed by atoms with Gasteiger partial charge in [-0.05, 0) is 45.6 Å². The smallest absolute Gasteiger partial charge is 0.251 e. The van der Waals surface area contributed by atoms with E-state index in [-0.39, 0.29) is 27.4 Å². The van der Waals surface area contributed by atoms with E-state index >= 15 is 0 Å². The molecule has 3 heterocycles. The lowest BCUT2D eigenvalue weighted by Gasteiger charge is -2.23. The van der Waals surface area contributed by atoms with Gasteiger partial charge in [-0.25, -0.2) is 0 Å². The maximum atomic E-state index is 11.2. The number of dihydropyridines is 1. The molecule has 0 aromatic carbocycles. The fourth-order valence-electron chi connectivity index (χ4n) is 2.87. The summed E-state index contributed by atoms with van der Waals surface area (Å²) in [4.78, 5) is 27.2. The zero-order valence-corrected chi connectivity index (χ0v) is 21.7. The highest BCUT2D eigenvalue weighted by Gasteiger charge is 2.17. The largest absolute Gasteiger partial charge is 0.362 e. The summed E-state index contributed by atoms with van der Waals surface area (Å²) in [5.41, 5.74) is 4.52. The van der Waals surface area contributed by atoms with Crippen molar-refractivity contribution in [3.05, 3.63) is 105 Å². The zero-order valence-electron chi connectivity index (χ0n) is 21.7. The second-order valence-corrected chi connectivity index (χ2v) is 11.2. The molecule has 0 atom stereocenters. The molecule has 0 aliphatic carbocycles. The number of rotatable bonds is 0. The van der Waals surface area contributed by atoms with Crippen LogP contribution in [-0.4, -0.2) is 9.97 Å². The summed E-state index contributed by atoms with van der Waals surface area (Å²) in [5.74, 6) is 0. The normalized spacial score (nSPS) is 13.6. The average molecular weight is 452 g/mol.